The van der Waals surface area contributed by atoms with Crippen LogP contribution >= 0.6 is 15.9 Å². The van der Waals surface area contributed by atoms with E-state index in [-0.39, 0.29) is 5.41 Å². The van der Waals surface area contributed by atoms with Crippen LogP contribution in [0.25, 0.3) is 56.4 Å². The Morgan fingerprint density at radius 2 is 1.04 bits per heavy atom. The van der Waals surface area contributed by atoms with Crippen molar-refractivity contribution in [2.75, 3.05) is 0 Å². The van der Waals surface area contributed by atoms with Crippen molar-refractivity contribution in [3.05, 3.63) is 163 Å². The average molecular weight is 755 g/mol. The second-order valence-corrected chi connectivity index (χ2v) is 16.9. The highest BCUT2D eigenvalue weighted by Gasteiger charge is 2.50. The highest BCUT2D eigenvalue weighted by Crippen LogP contribution is 2.60. The summed E-state index contributed by atoms with van der Waals surface area (Å²) in [6, 6.07) is 47.3. The molecule has 0 N–H and O–H groups in total. The lowest BCUT2D eigenvalue weighted by Crippen LogP contribution is -2.45. The lowest BCUT2D eigenvalue weighted by Gasteiger charge is -2.54. The Kier molecular flexibility index (Phi) is 9.03. The molecule has 4 heteroatoms. The number of aromatic nitrogens is 3. The van der Waals surface area contributed by atoms with E-state index in [1.54, 1.807) is 5.57 Å². The number of nitrogens with zero attached hydrogens (tertiary/aromatic N) is 3. The number of hydrogen-bond donors (Lipinski definition) is 0. The van der Waals surface area contributed by atoms with Crippen LogP contribution in [0.4, 0.5) is 0 Å². The number of hydrogen-bond acceptors (Lipinski definition) is 3. The summed E-state index contributed by atoms with van der Waals surface area (Å²) in [6.45, 7) is 2.54. The van der Waals surface area contributed by atoms with Crippen LogP contribution in [0.1, 0.15) is 57.4 Å². The fourth-order valence-corrected chi connectivity index (χ4v) is 9.86. The predicted octanol–water partition coefficient (Wildman–Crippen LogP) is 13.1. The Morgan fingerprint density at radius 1 is 0.566 bits per heavy atom. The molecular weight excluding hydrogens is 710 g/mol. The molecule has 3 nitrogen and oxygen atoms in total. The number of benzene rings is 5. The molecule has 1 heterocycles. The van der Waals surface area contributed by atoms with Crippen LogP contribution in [0.5, 0.6) is 0 Å². The van der Waals surface area contributed by atoms with Crippen LogP contribution in [0.3, 0.4) is 0 Å². The standard InChI is InChI=1S/C49H44BrN3/c1-48(31-34-9-8-30-49(32-34,33-48)43-26-28-44(50)29-27-43)42-24-22-38(23-25-42)36-16-14-35(15-17-36)37-18-20-41(21-19-37)47-52-45(39-10-4-2-5-11-39)51-46(53-47)40-12-6-3-7-13-40/h2-7,10-28,34,44H,8-9,29-33H2,1H3. The van der Waals surface area contributed by atoms with Crippen molar-refractivity contribution in [3.8, 4) is 56.4 Å². The van der Waals surface area contributed by atoms with Gasteiger partial charge in [0, 0.05) is 21.5 Å². The Morgan fingerprint density at radius 3 is 1.53 bits per heavy atom. The lowest BCUT2D eigenvalue weighted by atomic mass is 9.50. The smallest absolute Gasteiger partial charge is 0.164 e. The topological polar surface area (TPSA) is 38.7 Å². The summed E-state index contributed by atoms with van der Waals surface area (Å²) in [5, 5.41) is 0. The normalized spacial score (nSPS) is 23.7. The molecule has 0 radical (unpaired) electrons. The molecule has 5 aromatic carbocycles. The van der Waals surface area contributed by atoms with Crippen LogP contribution in [0.2, 0.25) is 0 Å². The zero-order valence-corrected chi connectivity index (χ0v) is 31.8. The van der Waals surface area contributed by atoms with E-state index in [4.69, 9.17) is 15.0 Å². The Balaban J connectivity index is 0.935. The summed E-state index contributed by atoms with van der Waals surface area (Å²) < 4.78 is 0. The maximum Gasteiger partial charge on any atom is 0.164 e. The third kappa shape index (κ3) is 6.86. The van der Waals surface area contributed by atoms with Gasteiger partial charge >= 0.3 is 0 Å². The average Bonchev–Trinajstić information content (AvgIpc) is 3.21. The van der Waals surface area contributed by atoms with Crippen molar-refractivity contribution >= 4 is 15.9 Å². The molecule has 262 valence electrons. The first kappa shape index (κ1) is 33.9. The van der Waals surface area contributed by atoms with Gasteiger partial charge in [0.25, 0.3) is 0 Å². The highest BCUT2D eigenvalue weighted by molar-refractivity contribution is 9.09. The van der Waals surface area contributed by atoms with Gasteiger partial charge in [0.2, 0.25) is 0 Å². The van der Waals surface area contributed by atoms with Crippen molar-refractivity contribution in [3.63, 3.8) is 0 Å². The van der Waals surface area contributed by atoms with E-state index >= 15 is 0 Å². The molecular formula is C49H44BrN3. The van der Waals surface area contributed by atoms with Crippen molar-refractivity contribution in [2.45, 2.75) is 62.1 Å². The van der Waals surface area contributed by atoms with Gasteiger partial charge in [0.15, 0.2) is 17.5 Å². The molecule has 1 aromatic heterocycles. The van der Waals surface area contributed by atoms with Gasteiger partial charge < -0.3 is 0 Å². The minimum Gasteiger partial charge on any atom is -0.208 e. The highest BCUT2D eigenvalue weighted by atomic mass is 79.9. The van der Waals surface area contributed by atoms with Gasteiger partial charge in [0.1, 0.15) is 0 Å². The molecule has 9 rings (SSSR count). The first-order chi connectivity index (χ1) is 25.9. The predicted molar refractivity (Wildman–Crippen MR) is 223 cm³/mol. The van der Waals surface area contributed by atoms with Gasteiger partial charge in [-0.1, -0.05) is 187 Å². The number of fused-ring (bicyclic) bond motifs is 2. The molecule has 4 atom stereocenters. The van der Waals surface area contributed by atoms with Gasteiger partial charge in [-0.05, 0) is 82.2 Å². The first-order valence-electron chi connectivity index (χ1n) is 19.1. The van der Waals surface area contributed by atoms with Gasteiger partial charge in [-0.25, -0.2) is 15.0 Å². The molecule has 0 amide bonds. The number of halogens is 1. The van der Waals surface area contributed by atoms with Crippen LogP contribution in [-0.2, 0) is 5.41 Å². The maximum atomic E-state index is 4.90. The summed E-state index contributed by atoms with van der Waals surface area (Å²) in [7, 11) is 0. The monoisotopic (exact) mass is 753 g/mol. The summed E-state index contributed by atoms with van der Waals surface area (Å²) in [5.74, 6) is 2.82. The Hall–Kier alpha value is -4.93. The van der Waals surface area contributed by atoms with E-state index in [9.17, 15) is 0 Å². The minimum absolute atomic E-state index is 0.200. The van der Waals surface area contributed by atoms with Crippen LogP contribution in [0, 0.1) is 11.3 Å². The van der Waals surface area contributed by atoms with Gasteiger partial charge in [0.05, 0.1) is 0 Å². The van der Waals surface area contributed by atoms with Gasteiger partial charge in [-0.2, -0.15) is 0 Å². The second-order valence-electron chi connectivity index (χ2n) is 15.7. The number of alkyl halides is 1. The van der Waals surface area contributed by atoms with E-state index < -0.39 is 0 Å². The maximum absolute atomic E-state index is 4.90. The molecule has 4 unspecified atom stereocenters. The van der Waals surface area contributed by atoms with Crippen molar-refractivity contribution in [1.29, 1.82) is 0 Å². The molecule has 0 spiro atoms. The van der Waals surface area contributed by atoms with E-state index in [1.165, 1.54) is 60.8 Å². The van der Waals surface area contributed by atoms with Crippen molar-refractivity contribution in [2.24, 2.45) is 11.3 Å². The molecule has 2 saturated carbocycles. The minimum atomic E-state index is 0.200. The lowest BCUT2D eigenvalue weighted by molar-refractivity contribution is 0.0584. The fraction of sp³-hybridized carbons (Fsp3) is 0.245. The van der Waals surface area contributed by atoms with Crippen LogP contribution in [0.15, 0.2) is 157 Å². The van der Waals surface area contributed by atoms with Crippen molar-refractivity contribution in [1.82, 2.24) is 15.0 Å². The zero-order valence-electron chi connectivity index (χ0n) is 30.3. The first-order valence-corrected chi connectivity index (χ1v) is 20.1. The van der Waals surface area contributed by atoms with E-state index in [0.717, 1.165) is 34.6 Å². The van der Waals surface area contributed by atoms with E-state index in [0.29, 0.717) is 27.7 Å². The molecule has 2 bridgehead atoms. The van der Waals surface area contributed by atoms with E-state index in [1.807, 2.05) is 60.7 Å². The third-order valence-electron chi connectivity index (χ3n) is 12.1. The molecule has 53 heavy (non-hydrogen) atoms. The molecule has 6 aromatic rings. The largest absolute Gasteiger partial charge is 0.208 e. The zero-order chi connectivity index (χ0) is 35.8. The van der Waals surface area contributed by atoms with E-state index in [2.05, 4.69) is 114 Å². The molecule has 3 aliphatic rings. The molecule has 0 aliphatic heterocycles. The SMILES string of the molecule is CC1(c2ccc(-c3ccc(-c4ccc(-c5nc(-c6ccccc6)nc(-c6ccccc6)n5)cc4)cc3)cc2)CC2CCCC(C3=CCC(Br)C=C3)(C2)C1. The third-order valence-corrected chi connectivity index (χ3v) is 12.7. The van der Waals surface area contributed by atoms with Gasteiger partial charge in [-0.15, -0.1) is 0 Å². The fourth-order valence-electron chi connectivity index (χ4n) is 9.52. The second kappa shape index (κ2) is 14.1. The summed E-state index contributed by atoms with van der Waals surface area (Å²) >= 11 is 3.80. The van der Waals surface area contributed by atoms with Crippen LogP contribution < -0.4 is 0 Å². The Labute approximate surface area is 322 Å². The van der Waals surface area contributed by atoms with Crippen molar-refractivity contribution < 1.29 is 0 Å². The summed E-state index contributed by atoms with van der Waals surface area (Å²) in [5.41, 5.74) is 11.4. The summed E-state index contributed by atoms with van der Waals surface area (Å²) in [6.07, 6.45) is 16.5. The number of allylic oxidation sites excluding steroid dienone is 4. The number of rotatable bonds is 7. The summed E-state index contributed by atoms with van der Waals surface area (Å²) in [4.78, 5) is 15.1. The molecule has 3 aliphatic carbocycles. The Bertz CT molecular complexity index is 2220. The van der Waals surface area contributed by atoms with Gasteiger partial charge in [-0.3, -0.25) is 0 Å². The quantitative estimate of drug-likeness (QED) is 0.152. The van der Waals surface area contributed by atoms with Crippen LogP contribution in [-0.4, -0.2) is 19.8 Å². The molecule has 0 saturated heterocycles. The molecule has 2 fully saturated rings.